The van der Waals surface area contributed by atoms with Crippen LogP contribution in [0.15, 0.2) is 218 Å². The van der Waals surface area contributed by atoms with E-state index in [-0.39, 0.29) is 0 Å². The Morgan fingerprint density at radius 2 is 0.620 bits per heavy atom. The summed E-state index contributed by atoms with van der Waals surface area (Å²) in [5.74, 6) is 0. The summed E-state index contributed by atoms with van der Waals surface area (Å²) in [5, 5.41) is 7.38. The molecule has 0 bridgehead atoms. The summed E-state index contributed by atoms with van der Waals surface area (Å²) in [4.78, 5) is 26.9. The SMILES string of the molecule is C[Si](C)(CCn1c2ccccc2c2ccccc21)O[Si](O[Si](O)(O[Si](O)(O[Si](O[Si](C)(C)CCn1c2ccccc2c2ccccc21)c1ccccc1)c1ccccc1)c1ccccc1)c1ccccc1. The van der Waals surface area contributed by atoms with E-state index in [9.17, 15) is 9.59 Å². The van der Waals surface area contributed by atoms with Gasteiger partial charge in [-0.2, -0.15) is 0 Å². The van der Waals surface area contributed by atoms with Gasteiger partial charge < -0.3 is 39.3 Å². The smallest absolute Gasteiger partial charge is 0.432 e. The lowest BCUT2D eigenvalue weighted by Crippen LogP contribution is -2.71. The average Bonchev–Trinajstić information content (AvgIpc) is 3.90. The molecule has 2 N–H and O–H groups in total. The predicted molar refractivity (Wildman–Crippen MR) is 301 cm³/mol. The number of aromatic nitrogens is 2. The molecule has 0 saturated carbocycles. The molecule has 0 aliphatic rings. The van der Waals surface area contributed by atoms with E-state index in [1.807, 2.05) is 97.1 Å². The Kier molecular flexibility index (Phi) is 14.4. The van der Waals surface area contributed by atoms with E-state index in [2.05, 4.69) is 132 Å². The second-order valence-electron chi connectivity index (χ2n) is 19.1. The van der Waals surface area contributed by atoms with Crippen molar-refractivity contribution in [3.05, 3.63) is 218 Å². The van der Waals surface area contributed by atoms with Gasteiger partial charge in [-0.25, -0.2) is 0 Å². The Labute approximate surface area is 423 Å². The molecule has 2 heterocycles. The topological polar surface area (TPSA) is 96.5 Å². The van der Waals surface area contributed by atoms with Gasteiger partial charge in [-0.05, 0) is 72.9 Å². The molecule has 10 aromatic rings. The van der Waals surface area contributed by atoms with Gasteiger partial charge in [-0.1, -0.05) is 194 Å². The molecule has 9 nitrogen and oxygen atoms in total. The maximum atomic E-state index is 13.4. The molecule has 2 radical (unpaired) electrons. The highest BCUT2D eigenvalue weighted by atomic mass is 28.5. The van der Waals surface area contributed by atoms with Gasteiger partial charge in [0.2, 0.25) is 0 Å². The van der Waals surface area contributed by atoms with Gasteiger partial charge in [0.25, 0.3) is 0 Å². The molecule has 2 unspecified atom stereocenters. The van der Waals surface area contributed by atoms with Crippen molar-refractivity contribution in [3.8, 4) is 0 Å². The van der Waals surface area contributed by atoms with Gasteiger partial charge >= 0.3 is 36.2 Å². The fourth-order valence-corrected chi connectivity index (χ4v) is 27.3. The molecule has 358 valence electrons. The van der Waals surface area contributed by atoms with E-state index in [4.69, 9.17) is 20.6 Å². The highest BCUT2D eigenvalue weighted by molar-refractivity contribution is 6.94. The molecule has 71 heavy (non-hydrogen) atoms. The quantitative estimate of drug-likeness (QED) is 0.0735. The summed E-state index contributed by atoms with van der Waals surface area (Å²) in [5.41, 5.74) is 4.73. The first-order valence-corrected chi connectivity index (χ1v) is 36.6. The first-order valence-electron chi connectivity index (χ1n) is 24.2. The average molecular weight is 1040 g/mol. The zero-order valence-corrected chi connectivity index (χ0v) is 46.4. The zero-order chi connectivity index (χ0) is 49.1. The van der Waals surface area contributed by atoms with Crippen LogP contribution in [0, 0.1) is 0 Å². The highest BCUT2D eigenvalue weighted by Gasteiger charge is 2.56. The van der Waals surface area contributed by atoms with Crippen molar-refractivity contribution in [1.29, 1.82) is 0 Å². The Hall–Kier alpha value is -5.62. The van der Waals surface area contributed by atoms with Gasteiger partial charge in [0.05, 0.1) is 0 Å². The Morgan fingerprint density at radius 3 is 0.930 bits per heavy atom. The zero-order valence-electron chi connectivity index (χ0n) is 40.4. The second-order valence-corrected chi connectivity index (χ2v) is 37.0. The Morgan fingerprint density at radius 1 is 0.352 bits per heavy atom. The third-order valence-electron chi connectivity index (χ3n) is 13.0. The molecule has 0 spiro atoms. The minimum atomic E-state index is -4.68. The number of rotatable bonds is 20. The molecule has 8 aromatic carbocycles. The number of nitrogens with zero attached hydrogens (tertiary/aromatic N) is 2. The van der Waals surface area contributed by atoms with Crippen LogP contribution < -0.4 is 20.7 Å². The van der Waals surface area contributed by atoms with Crippen LogP contribution in [0.1, 0.15) is 0 Å². The largest absolute Gasteiger partial charge is 0.518 e. The first-order chi connectivity index (χ1) is 34.4. The van der Waals surface area contributed by atoms with Gasteiger partial charge in [-0.3, -0.25) is 0 Å². The lowest BCUT2D eigenvalue weighted by atomic mass is 10.2. The molecule has 10 rings (SSSR count). The van der Waals surface area contributed by atoms with Gasteiger partial charge in [0.15, 0.2) is 16.6 Å². The molecule has 0 fully saturated rings. The van der Waals surface area contributed by atoms with Crippen LogP contribution in [-0.2, 0) is 33.7 Å². The molecule has 15 heteroatoms. The lowest BCUT2D eigenvalue weighted by molar-refractivity contribution is 0.179. The second kappa shape index (κ2) is 20.8. The van der Waals surface area contributed by atoms with Crippen LogP contribution in [-0.4, -0.2) is 71.5 Å². The molecule has 0 aliphatic carbocycles. The maximum Gasteiger partial charge on any atom is 0.518 e. The van der Waals surface area contributed by atoms with Crippen molar-refractivity contribution in [2.45, 2.75) is 51.4 Å². The van der Waals surface area contributed by atoms with E-state index < -0.39 is 52.8 Å². The number of fused-ring (bicyclic) bond motifs is 6. The lowest BCUT2D eigenvalue weighted by Gasteiger charge is -2.38. The fraction of sp³-hybridized carbons (Fsp3) is 0.143. The van der Waals surface area contributed by atoms with Crippen LogP contribution in [0.4, 0.5) is 0 Å². The molecule has 0 amide bonds. The summed E-state index contributed by atoms with van der Waals surface area (Å²) in [7, 11) is -19.6. The van der Waals surface area contributed by atoms with E-state index >= 15 is 0 Å². The van der Waals surface area contributed by atoms with Crippen molar-refractivity contribution >= 4 is 117 Å². The minimum Gasteiger partial charge on any atom is -0.432 e. The number of aryl methyl sites for hydroxylation is 2. The molecule has 2 atom stereocenters. The van der Waals surface area contributed by atoms with Crippen LogP contribution in [0.5, 0.6) is 0 Å². The highest BCUT2D eigenvalue weighted by Crippen LogP contribution is 2.32. The monoisotopic (exact) mass is 1040 g/mol. The molecular formula is C56H58N2O7Si6. The van der Waals surface area contributed by atoms with Crippen LogP contribution in [0.25, 0.3) is 43.6 Å². The van der Waals surface area contributed by atoms with Crippen molar-refractivity contribution in [1.82, 2.24) is 9.13 Å². The third-order valence-corrected chi connectivity index (χ3v) is 31.4. The summed E-state index contributed by atoms with van der Waals surface area (Å²) < 4.78 is 40.6. The first kappa shape index (κ1) is 49.0. The number of hydrogen-bond donors (Lipinski definition) is 2. The summed E-state index contributed by atoms with van der Waals surface area (Å²) in [6, 6.07) is 73.8. The van der Waals surface area contributed by atoms with Crippen LogP contribution >= 0.6 is 0 Å². The fourth-order valence-electron chi connectivity index (χ4n) is 9.29. The number of benzene rings is 8. The molecule has 2 aromatic heterocycles. The molecule has 0 saturated heterocycles. The number of hydrogen-bond acceptors (Lipinski definition) is 7. The van der Waals surface area contributed by atoms with E-state index in [0.717, 1.165) is 35.6 Å². The van der Waals surface area contributed by atoms with Crippen molar-refractivity contribution in [3.63, 3.8) is 0 Å². The van der Waals surface area contributed by atoms with Crippen LogP contribution in [0.2, 0.25) is 38.3 Å². The summed E-state index contributed by atoms with van der Waals surface area (Å²) in [6.07, 6.45) is 0. The Bertz CT molecular complexity index is 3050. The minimum absolute atomic E-state index is 0.424. The Balaban J connectivity index is 0.975. The van der Waals surface area contributed by atoms with Crippen LogP contribution in [0.3, 0.4) is 0 Å². The van der Waals surface area contributed by atoms with E-state index in [0.29, 0.717) is 10.4 Å². The third kappa shape index (κ3) is 10.8. The van der Waals surface area contributed by atoms with Crippen molar-refractivity contribution < 1.29 is 30.2 Å². The number of para-hydroxylation sites is 4. The van der Waals surface area contributed by atoms with Gasteiger partial charge in [-0.15, -0.1) is 0 Å². The molecular weight excluding hydrogens is 981 g/mol. The molecule has 0 aliphatic heterocycles. The van der Waals surface area contributed by atoms with Crippen molar-refractivity contribution in [2.75, 3.05) is 0 Å². The van der Waals surface area contributed by atoms with Gasteiger partial charge in [0, 0.05) is 67.1 Å². The van der Waals surface area contributed by atoms with E-state index in [1.165, 1.54) is 43.6 Å². The maximum absolute atomic E-state index is 13.4. The normalized spacial score (nSPS) is 14.2. The standard InChI is InChI=1S/C56H58N2O7Si6/c1-68(2,43-41-57-53-37-21-17-33-49(53)50-34-18-22-38-54(50)57)61-66(45-25-9-5-10-26-45)63-70(59,47-29-13-7-14-30-47)65-71(60,48-31-15-8-16-32-48)64-67(46-27-11-6-12-28-46)62-69(3,4)44-42-58-55-39-23-19-35-51(55)52-36-20-24-40-56(52)58/h5-40,59-60H,41-44H2,1-4H3. The van der Waals surface area contributed by atoms with Gasteiger partial charge in [0.1, 0.15) is 0 Å². The summed E-state index contributed by atoms with van der Waals surface area (Å²) in [6.45, 7) is 10.3. The van der Waals surface area contributed by atoms with E-state index in [1.54, 1.807) is 24.3 Å². The summed E-state index contributed by atoms with van der Waals surface area (Å²) >= 11 is 0. The van der Waals surface area contributed by atoms with Crippen molar-refractivity contribution in [2.24, 2.45) is 0 Å². The predicted octanol–water partition coefficient (Wildman–Crippen LogP) is 9.56.